The molecule has 4 N–H and O–H groups in total. The van der Waals surface area contributed by atoms with Crippen molar-refractivity contribution in [2.24, 2.45) is 0 Å². The van der Waals surface area contributed by atoms with E-state index >= 15 is 0 Å². The Bertz CT molecular complexity index is 1430. The number of nitrogens with zero attached hydrogens (tertiary/aromatic N) is 3. The lowest BCUT2D eigenvalue weighted by atomic mass is 10.1. The number of nitrogens with one attached hydrogen (secondary N) is 4. The zero-order valence-corrected chi connectivity index (χ0v) is 16.5. The summed E-state index contributed by atoms with van der Waals surface area (Å²) in [5, 5.41) is 15.3. The summed E-state index contributed by atoms with van der Waals surface area (Å²) < 4.78 is 0. The van der Waals surface area contributed by atoms with Gasteiger partial charge in [0.25, 0.3) is 5.91 Å². The first-order valence-electron chi connectivity index (χ1n) is 10.2. The minimum absolute atomic E-state index is 0.0581. The molecular formula is C23H19N7O. The van der Waals surface area contributed by atoms with Crippen molar-refractivity contribution in [2.75, 3.05) is 5.32 Å². The number of hydrogen-bond donors (Lipinski definition) is 4. The van der Waals surface area contributed by atoms with E-state index in [1.54, 1.807) is 12.4 Å². The topological polar surface area (TPSA) is 111 Å². The zero-order chi connectivity index (χ0) is 20.8. The Labute approximate surface area is 177 Å². The molecule has 2 aromatic carbocycles. The van der Waals surface area contributed by atoms with Gasteiger partial charge >= 0.3 is 0 Å². The fourth-order valence-corrected chi connectivity index (χ4v) is 3.62. The number of rotatable bonds is 5. The van der Waals surface area contributed by atoms with Gasteiger partial charge in [-0.2, -0.15) is 5.10 Å². The molecule has 152 valence electrons. The summed E-state index contributed by atoms with van der Waals surface area (Å²) in [5.41, 5.74) is 4.23. The number of fused-ring (bicyclic) bond motifs is 2. The minimum Gasteiger partial charge on any atom is -0.351 e. The largest absolute Gasteiger partial charge is 0.351 e. The summed E-state index contributed by atoms with van der Waals surface area (Å²) >= 11 is 0. The Kier molecular flexibility index (Phi) is 3.95. The van der Waals surface area contributed by atoms with Gasteiger partial charge in [-0.1, -0.05) is 12.1 Å². The quantitative estimate of drug-likeness (QED) is 0.349. The van der Waals surface area contributed by atoms with Crippen molar-refractivity contribution >= 4 is 39.2 Å². The molecule has 3 aromatic heterocycles. The predicted molar refractivity (Wildman–Crippen MR) is 119 cm³/mol. The molecule has 0 unspecified atom stereocenters. The van der Waals surface area contributed by atoms with E-state index < -0.39 is 0 Å². The molecule has 1 fully saturated rings. The molecule has 6 rings (SSSR count). The number of H-pyrrole nitrogens is 2. The van der Waals surface area contributed by atoms with Gasteiger partial charge in [-0.15, -0.1) is 0 Å². The van der Waals surface area contributed by atoms with Gasteiger partial charge in [-0.3, -0.25) is 9.89 Å². The third-order valence-corrected chi connectivity index (χ3v) is 5.41. The van der Waals surface area contributed by atoms with Gasteiger partial charge in [0, 0.05) is 39.8 Å². The fraction of sp³-hybridized carbons (Fsp3) is 0.130. The molecule has 0 radical (unpaired) electrons. The molecule has 8 nitrogen and oxygen atoms in total. The standard InChI is InChI=1S/C23H19N7O/c31-23(27-16-3-4-16)20-10-13-1-2-14(11-19(13)28-20)22-24-8-7-21(29-22)26-17-5-6-18-15(9-17)12-25-30-18/h1-2,5-12,16,28H,3-4H2,(H,25,30)(H,27,31)(H,24,26,29). The molecule has 0 spiro atoms. The number of aromatic nitrogens is 5. The highest BCUT2D eigenvalue weighted by Crippen LogP contribution is 2.25. The average Bonchev–Trinajstić information content (AvgIpc) is 3.30. The molecule has 0 atom stereocenters. The Balaban J connectivity index is 1.27. The maximum atomic E-state index is 12.3. The van der Waals surface area contributed by atoms with E-state index in [4.69, 9.17) is 0 Å². The predicted octanol–water partition coefficient (Wildman–Crippen LogP) is 4.14. The van der Waals surface area contributed by atoms with E-state index in [1.165, 1.54) is 0 Å². The number of amides is 1. The first kappa shape index (κ1) is 17.6. The van der Waals surface area contributed by atoms with Crippen LogP contribution >= 0.6 is 0 Å². The lowest BCUT2D eigenvalue weighted by Gasteiger charge is -2.07. The van der Waals surface area contributed by atoms with E-state index in [0.717, 1.165) is 45.9 Å². The average molecular weight is 409 g/mol. The summed E-state index contributed by atoms with van der Waals surface area (Å²) in [5.74, 6) is 1.25. The van der Waals surface area contributed by atoms with Gasteiger partial charge in [0.2, 0.25) is 0 Å². The number of carbonyl (C=O) groups is 1. The van der Waals surface area contributed by atoms with Crippen molar-refractivity contribution in [3.05, 3.63) is 66.6 Å². The molecule has 0 bridgehead atoms. The zero-order valence-electron chi connectivity index (χ0n) is 16.5. The van der Waals surface area contributed by atoms with Crippen molar-refractivity contribution in [2.45, 2.75) is 18.9 Å². The first-order chi connectivity index (χ1) is 15.2. The Morgan fingerprint density at radius 3 is 2.84 bits per heavy atom. The van der Waals surface area contributed by atoms with Crippen LogP contribution in [0, 0.1) is 0 Å². The van der Waals surface area contributed by atoms with Crippen LogP contribution in [0.15, 0.2) is 60.9 Å². The smallest absolute Gasteiger partial charge is 0.267 e. The Morgan fingerprint density at radius 2 is 1.94 bits per heavy atom. The molecule has 1 aliphatic carbocycles. The van der Waals surface area contributed by atoms with Gasteiger partial charge in [0.05, 0.1) is 11.7 Å². The summed E-state index contributed by atoms with van der Waals surface area (Å²) in [7, 11) is 0. The number of carbonyl (C=O) groups excluding carboxylic acids is 1. The van der Waals surface area contributed by atoms with Crippen molar-refractivity contribution in [1.29, 1.82) is 0 Å². The second-order valence-electron chi connectivity index (χ2n) is 7.80. The maximum Gasteiger partial charge on any atom is 0.267 e. The van der Waals surface area contributed by atoms with Crippen molar-refractivity contribution < 1.29 is 4.79 Å². The van der Waals surface area contributed by atoms with E-state index in [-0.39, 0.29) is 5.91 Å². The van der Waals surface area contributed by atoms with Crippen LogP contribution in [0.1, 0.15) is 23.3 Å². The van der Waals surface area contributed by atoms with Crippen LogP contribution in [-0.4, -0.2) is 37.1 Å². The molecule has 5 aromatic rings. The van der Waals surface area contributed by atoms with Gasteiger partial charge in [0.1, 0.15) is 11.5 Å². The number of hydrogen-bond acceptors (Lipinski definition) is 5. The molecule has 0 saturated heterocycles. The first-order valence-corrected chi connectivity index (χ1v) is 10.2. The molecule has 31 heavy (non-hydrogen) atoms. The maximum absolute atomic E-state index is 12.3. The Morgan fingerprint density at radius 1 is 1.00 bits per heavy atom. The van der Waals surface area contributed by atoms with E-state index in [9.17, 15) is 4.79 Å². The third-order valence-electron chi connectivity index (χ3n) is 5.41. The van der Waals surface area contributed by atoms with Crippen molar-refractivity contribution in [3.63, 3.8) is 0 Å². The molecule has 1 aliphatic rings. The summed E-state index contributed by atoms with van der Waals surface area (Å²) in [4.78, 5) is 24.6. The monoisotopic (exact) mass is 409 g/mol. The third kappa shape index (κ3) is 3.48. The highest BCUT2D eigenvalue weighted by atomic mass is 16.2. The fourth-order valence-electron chi connectivity index (χ4n) is 3.62. The summed E-state index contributed by atoms with van der Waals surface area (Å²) in [6.45, 7) is 0. The minimum atomic E-state index is -0.0581. The summed E-state index contributed by atoms with van der Waals surface area (Å²) in [6, 6.07) is 15.9. The molecule has 0 aliphatic heterocycles. The molecule has 3 heterocycles. The second-order valence-corrected chi connectivity index (χ2v) is 7.80. The number of anilines is 2. The number of benzene rings is 2. The molecular weight excluding hydrogens is 390 g/mol. The van der Waals surface area contributed by atoms with Crippen LogP contribution in [0.3, 0.4) is 0 Å². The molecule has 1 amide bonds. The van der Waals surface area contributed by atoms with Gasteiger partial charge < -0.3 is 15.6 Å². The van der Waals surface area contributed by atoms with Crippen LogP contribution in [0.25, 0.3) is 33.2 Å². The summed E-state index contributed by atoms with van der Waals surface area (Å²) in [6.07, 6.45) is 5.65. The van der Waals surface area contributed by atoms with Crippen LogP contribution in [-0.2, 0) is 0 Å². The van der Waals surface area contributed by atoms with E-state index in [0.29, 0.717) is 23.4 Å². The lowest BCUT2D eigenvalue weighted by molar-refractivity contribution is 0.0947. The van der Waals surface area contributed by atoms with Crippen LogP contribution in [0.4, 0.5) is 11.5 Å². The Hall–Kier alpha value is -4.20. The highest BCUT2D eigenvalue weighted by Gasteiger charge is 2.24. The molecule has 1 saturated carbocycles. The lowest BCUT2D eigenvalue weighted by Crippen LogP contribution is -2.25. The normalized spacial score (nSPS) is 13.5. The van der Waals surface area contributed by atoms with Crippen LogP contribution in [0.5, 0.6) is 0 Å². The molecule has 8 heteroatoms. The van der Waals surface area contributed by atoms with Gasteiger partial charge in [-0.05, 0) is 49.2 Å². The SMILES string of the molecule is O=C(NC1CC1)c1cc2ccc(-c3nccc(Nc4ccc5[nH]ncc5c4)n3)cc2[nH]1. The van der Waals surface area contributed by atoms with Gasteiger partial charge in [-0.25, -0.2) is 9.97 Å². The van der Waals surface area contributed by atoms with E-state index in [2.05, 4.69) is 35.8 Å². The van der Waals surface area contributed by atoms with Crippen LogP contribution in [0.2, 0.25) is 0 Å². The highest BCUT2D eigenvalue weighted by molar-refractivity contribution is 5.99. The second kappa shape index (κ2) is 6.94. The van der Waals surface area contributed by atoms with Gasteiger partial charge in [0.15, 0.2) is 5.82 Å². The number of aromatic amines is 2. The van der Waals surface area contributed by atoms with E-state index in [1.807, 2.05) is 48.5 Å². The van der Waals surface area contributed by atoms with Crippen molar-refractivity contribution in [1.82, 2.24) is 30.5 Å². The van der Waals surface area contributed by atoms with Crippen LogP contribution < -0.4 is 10.6 Å². The van der Waals surface area contributed by atoms with Crippen molar-refractivity contribution in [3.8, 4) is 11.4 Å².